The van der Waals surface area contributed by atoms with Crippen LogP contribution in [0.25, 0.3) is 0 Å². The minimum Gasteiger partial charge on any atom is -0.381 e. The molecular formula is C18H31ClN4O. The predicted molar refractivity (Wildman–Crippen MR) is 102 cm³/mol. The van der Waals surface area contributed by atoms with E-state index in [4.69, 9.17) is 4.74 Å². The summed E-state index contributed by atoms with van der Waals surface area (Å²) in [5.74, 6) is 1.71. The largest absolute Gasteiger partial charge is 0.381 e. The van der Waals surface area contributed by atoms with Gasteiger partial charge >= 0.3 is 0 Å². The lowest BCUT2D eigenvalue weighted by Gasteiger charge is -2.33. The van der Waals surface area contributed by atoms with Gasteiger partial charge in [0.15, 0.2) is 0 Å². The van der Waals surface area contributed by atoms with Crippen molar-refractivity contribution in [3.8, 4) is 0 Å². The van der Waals surface area contributed by atoms with Crippen molar-refractivity contribution in [1.82, 2.24) is 10.3 Å². The number of pyridine rings is 1. The summed E-state index contributed by atoms with van der Waals surface area (Å²) in [5, 5.41) is 7.34. The Kier molecular flexibility index (Phi) is 7.59. The number of rotatable bonds is 6. The van der Waals surface area contributed by atoms with E-state index in [1.54, 1.807) is 0 Å². The minimum absolute atomic E-state index is 0. The van der Waals surface area contributed by atoms with Crippen LogP contribution in [-0.2, 0) is 4.74 Å². The number of ether oxygens (including phenoxy) is 1. The van der Waals surface area contributed by atoms with Crippen LogP contribution >= 0.6 is 12.4 Å². The van der Waals surface area contributed by atoms with Gasteiger partial charge in [-0.2, -0.15) is 0 Å². The van der Waals surface area contributed by atoms with Crippen LogP contribution in [-0.4, -0.2) is 49.9 Å². The molecule has 2 fully saturated rings. The first-order chi connectivity index (χ1) is 11.3. The van der Waals surface area contributed by atoms with Crippen molar-refractivity contribution in [2.75, 3.05) is 43.1 Å². The quantitative estimate of drug-likeness (QED) is 0.822. The first kappa shape index (κ1) is 19.3. The van der Waals surface area contributed by atoms with E-state index in [1.165, 1.54) is 19.3 Å². The van der Waals surface area contributed by atoms with E-state index in [0.29, 0.717) is 18.0 Å². The Balaban J connectivity index is 0.00000208. The van der Waals surface area contributed by atoms with Gasteiger partial charge < -0.3 is 20.3 Å². The van der Waals surface area contributed by atoms with E-state index in [0.717, 1.165) is 44.4 Å². The maximum atomic E-state index is 5.65. The topological polar surface area (TPSA) is 49.4 Å². The maximum absolute atomic E-state index is 5.65. The highest BCUT2D eigenvalue weighted by atomic mass is 35.5. The van der Waals surface area contributed by atoms with Crippen LogP contribution in [0.3, 0.4) is 0 Å². The van der Waals surface area contributed by atoms with E-state index in [2.05, 4.69) is 46.5 Å². The molecular weight excluding hydrogens is 324 g/mol. The van der Waals surface area contributed by atoms with Gasteiger partial charge in [-0.25, -0.2) is 4.98 Å². The summed E-state index contributed by atoms with van der Waals surface area (Å²) in [6.07, 6.45) is 5.80. The molecule has 5 nitrogen and oxygen atoms in total. The molecule has 0 radical (unpaired) electrons. The summed E-state index contributed by atoms with van der Waals surface area (Å²) < 4.78 is 5.65. The zero-order valence-corrected chi connectivity index (χ0v) is 15.6. The minimum atomic E-state index is 0. The molecule has 3 unspecified atom stereocenters. The normalized spacial score (nSPS) is 26.7. The molecule has 1 aliphatic carbocycles. The molecule has 2 N–H and O–H groups in total. The molecule has 1 saturated heterocycles. The molecule has 1 aromatic rings. The molecule has 6 heteroatoms. The van der Waals surface area contributed by atoms with E-state index >= 15 is 0 Å². The summed E-state index contributed by atoms with van der Waals surface area (Å²) >= 11 is 0. The second-order valence-corrected chi connectivity index (χ2v) is 6.56. The molecule has 136 valence electrons. The fourth-order valence-electron chi connectivity index (χ4n) is 3.93. The fraction of sp³-hybridized carbons (Fsp3) is 0.722. The van der Waals surface area contributed by atoms with Gasteiger partial charge in [0.1, 0.15) is 5.82 Å². The summed E-state index contributed by atoms with van der Waals surface area (Å²) in [4.78, 5) is 6.89. The van der Waals surface area contributed by atoms with Gasteiger partial charge in [-0.3, -0.25) is 0 Å². The van der Waals surface area contributed by atoms with E-state index < -0.39 is 0 Å². The summed E-state index contributed by atoms with van der Waals surface area (Å²) in [6.45, 7) is 9.00. The van der Waals surface area contributed by atoms with Crippen molar-refractivity contribution in [2.24, 2.45) is 5.92 Å². The van der Waals surface area contributed by atoms with Crippen LogP contribution in [0.5, 0.6) is 0 Å². The lowest BCUT2D eigenvalue weighted by molar-refractivity contribution is 0.0559. The molecule has 2 heterocycles. The molecule has 1 aromatic heterocycles. The Bertz CT molecular complexity index is 474. The molecule has 3 rings (SSSR count). The number of hydrogen-bond acceptors (Lipinski definition) is 5. The fourth-order valence-corrected chi connectivity index (χ4v) is 3.93. The standard InChI is InChI=1S/C18H30N4O.ClH/c1-3-22(4-2)18-9-8-14(12-20-18)21-16-7-5-6-15(16)17-13-23-11-10-19-17;/h8-9,12,15-17,19,21H,3-7,10-11,13H2,1-2H3;1H. The third-order valence-electron chi connectivity index (χ3n) is 5.22. The van der Waals surface area contributed by atoms with E-state index in [-0.39, 0.29) is 12.4 Å². The molecule has 0 bridgehead atoms. The van der Waals surface area contributed by atoms with Crippen LogP contribution in [0.15, 0.2) is 18.3 Å². The molecule has 0 amide bonds. The first-order valence-corrected chi connectivity index (χ1v) is 9.10. The van der Waals surface area contributed by atoms with Gasteiger partial charge in [0.2, 0.25) is 0 Å². The number of halogens is 1. The Morgan fingerprint density at radius 1 is 1.29 bits per heavy atom. The van der Waals surface area contributed by atoms with Crippen LogP contribution in [0.1, 0.15) is 33.1 Å². The van der Waals surface area contributed by atoms with Crippen LogP contribution < -0.4 is 15.5 Å². The molecule has 1 saturated carbocycles. The summed E-state index contributed by atoms with van der Waals surface area (Å²) in [5.41, 5.74) is 1.13. The van der Waals surface area contributed by atoms with E-state index in [1.807, 2.05) is 6.20 Å². The molecule has 1 aliphatic heterocycles. The Labute approximate surface area is 152 Å². The highest BCUT2D eigenvalue weighted by Crippen LogP contribution is 2.32. The number of morpholine rings is 1. The molecule has 3 atom stereocenters. The number of anilines is 2. The highest BCUT2D eigenvalue weighted by Gasteiger charge is 2.34. The van der Waals surface area contributed by atoms with Gasteiger partial charge in [0.25, 0.3) is 0 Å². The SMILES string of the molecule is CCN(CC)c1ccc(NC2CCCC2C2COCCN2)cn1.Cl. The van der Waals surface area contributed by atoms with Gasteiger partial charge in [-0.15, -0.1) is 12.4 Å². The second kappa shape index (κ2) is 9.44. The highest BCUT2D eigenvalue weighted by molar-refractivity contribution is 5.85. The van der Waals surface area contributed by atoms with Crippen molar-refractivity contribution in [1.29, 1.82) is 0 Å². The molecule has 24 heavy (non-hydrogen) atoms. The first-order valence-electron chi connectivity index (χ1n) is 9.10. The molecule has 0 aromatic carbocycles. The average molecular weight is 355 g/mol. The monoisotopic (exact) mass is 354 g/mol. The van der Waals surface area contributed by atoms with Crippen molar-refractivity contribution in [3.63, 3.8) is 0 Å². The number of hydrogen-bond donors (Lipinski definition) is 2. The second-order valence-electron chi connectivity index (χ2n) is 6.56. The van der Waals surface area contributed by atoms with Crippen molar-refractivity contribution >= 4 is 23.9 Å². The lowest BCUT2D eigenvalue weighted by Crippen LogP contribution is -2.49. The third-order valence-corrected chi connectivity index (χ3v) is 5.22. The summed E-state index contributed by atoms with van der Waals surface area (Å²) in [6, 6.07) is 5.31. The van der Waals surface area contributed by atoms with Crippen LogP contribution in [0, 0.1) is 5.92 Å². The van der Waals surface area contributed by atoms with Gasteiger partial charge in [0, 0.05) is 31.7 Å². The average Bonchev–Trinajstić information content (AvgIpc) is 3.06. The van der Waals surface area contributed by atoms with Gasteiger partial charge in [-0.05, 0) is 44.7 Å². The lowest BCUT2D eigenvalue weighted by atomic mass is 9.94. The Morgan fingerprint density at radius 2 is 2.12 bits per heavy atom. The number of nitrogens with one attached hydrogen (secondary N) is 2. The zero-order valence-electron chi connectivity index (χ0n) is 14.8. The van der Waals surface area contributed by atoms with Crippen molar-refractivity contribution < 1.29 is 4.74 Å². The predicted octanol–water partition coefficient (Wildman–Crippen LogP) is 2.92. The maximum Gasteiger partial charge on any atom is 0.128 e. The third kappa shape index (κ3) is 4.52. The molecule has 0 spiro atoms. The van der Waals surface area contributed by atoms with E-state index in [9.17, 15) is 0 Å². The summed E-state index contributed by atoms with van der Waals surface area (Å²) in [7, 11) is 0. The Morgan fingerprint density at radius 3 is 2.75 bits per heavy atom. The van der Waals surface area contributed by atoms with Gasteiger partial charge in [-0.1, -0.05) is 6.42 Å². The van der Waals surface area contributed by atoms with Crippen molar-refractivity contribution in [3.05, 3.63) is 18.3 Å². The van der Waals surface area contributed by atoms with Crippen LogP contribution in [0.2, 0.25) is 0 Å². The smallest absolute Gasteiger partial charge is 0.128 e. The molecule has 2 aliphatic rings. The number of nitrogens with zero attached hydrogens (tertiary/aromatic N) is 2. The zero-order chi connectivity index (χ0) is 16.1. The van der Waals surface area contributed by atoms with Crippen molar-refractivity contribution in [2.45, 2.75) is 45.2 Å². The van der Waals surface area contributed by atoms with Gasteiger partial charge in [0.05, 0.1) is 25.1 Å². The Hall–Kier alpha value is -1.04. The van der Waals surface area contributed by atoms with Crippen LogP contribution in [0.4, 0.5) is 11.5 Å². The number of aromatic nitrogens is 1.